The van der Waals surface area contributed by atoms with Gasteiger partial charge in [-0.25, -0.2) is 0 Å². The van der Waals surface area contributed by atoms with Crippen LogP contribution in [0.3, 0.4) is 0 Å². The Morgan fingerprint density at radius 2 is 1.76 bits per heavy atom. The summed E-state index contributed by atoms with van der Waals surface area (Å²) in [5, 5.41) is 2.94. The summed E-state index contributed by atoms with van der Waals surface area (Å²) in [6, 6.07) is 13.2. The molecule has 1 amide bonds. The molecule has 0 aliphatic heterocycles. The summed E-state index contributed by atoms with van der Waals surface area (Å²) >= 11 is 3.45. The van der Waals surface area contributed by atoms with Gasteiger partial charge in [-0.05, 0) is 49.1 Å². The highest BCUT2D eigenvalue weighted by atomic mass is 79.9. The average Bonchev–Trinajstić information content (AvgIpc) is 2.43. The van der Waals surface area contributed by atoms with E-state index in [1.165, 1.54) is 0 Å². The van der Waals surface area contributed by atoms with Crippen molar-refractivity contribution in [3.8, 4) is 0 Å². The van der Waals surface area contributed by atoms with Crippen LogP contribution in [0, 0.1) is 13.8 Å². The summed E-state index contributed by atoms with van der Waals surface area (Å²) in [6.45, 7) is 3.94. The number of carbonyl (C=O) groups is 1. The number of hydrogen-bond donors (Lipinski definition) is 2. The van der Waals surface area contributed by atoms with Crippen LogP contribution in [0.5, 0.6) is 0 Å². The van der Waals surface area contributed by atoms with Gasteiger partial charge in [0.15, 0.2) is 0 Å². The number of halogens is 1. The van der Waals surface area contributed by atoms with Crippen molar-refractivity contribution in [1.82, 2.24) is 0 Å². The standard InChI is InChI=1S/C17H19BrN2O/c1-11-8-14(18)9-12(2)16(11)20-17(21)15(19)10-13-6-4-3-5-7-13/h3-9,15H,10,19H2,1-2H3,(H,20,21)/t15-/m1/s1. The first kappa shape index (κ1) is 15.7. The van der Waals surface area contributed by atoms with Gasteiger partial charge < -0.3 is 11.1 Å². The van der Waals surface area contributed by atoms with Crippen LogP contribution in [-0.2, 0) is 11.2 Å². The molecule has 0 aliphatic carbocycles. The van der Waals surface area contributed by atoms with Crippen LogP contribution in [0.4, 0.5) is 5.69 Å². The number of aryl methyl sites for hydroxylation is 2. The minimum atomic E-state index is -0.560. The molecule has 0 aromatic heterocycles. The van der Waals surface area contributed by atoms with Crippen LogP contribution in [0.25, 0.3) is 0 Å². The number of nitrogens with two attached hydrogens (primary N) is 1. The second-order valence-corrected chi connectivity index (χ2v) is 6.12. The normalized spacial score (nSPS) is 12.0. The maximum Gasteiger partial charge on any atom is 0.241 e. The summed E-state index contributed by atoms with van der Waals surface area (Å²) in [7, 11) is 0. The Balaban J connectivity index is 2.08. The van der Waals surface area contributed by atoms with E-state index in [4.69, 9.17) is 5.73 Å². The predicted octanol–water partition coefficient (Wildman–Crippen LogP) is 3.57. The third-order valence-corrected chi connectivity index (χ3v) is 3.84. The molecule has 2 aromatic carbocycles. The zero-order valence-corrected chi connectivity index (χ0v) is 13.8. The van der Waals surface area contributed by atoms with E-state index in [0.717, 1.165) is 26.9 Å². The molecule has 0 radical (unpaired) electrons. The summed E-state index contributed by atoms with van der Waals surface area (Å²) in [4.78, 5) is 12.3. The molecule has 4 heteroatoms. The quantitative estimate of drug-likeness (QED) is 0.888. The molecule has 0 fully saturated rings. The van der Waals surface area contributed by atoms with Crippen molar-refractivity contribution in [2.75, 3.05) is 5.32 Å². The Morgan fingerprint density at radius 1 is 1.19 bits per heavy atom. The fourth-order valence-corrected chi connectivity index (χ4v) is 2.97. The van der Waals surface area contributed by atoms with Gasteiger partial charge in [-0.3, -0.25) is 4.79 Å². The van der Waals surface area contributed by atoms with Gasteiger partial charge in [-0.15, -0.1) is 0 Å². The van der Waals surface area contributed by atoms with Crippen LogP contribution in [0.2, 0.25) is 0 Å². The zero-order chi connectivity index (χ0) is 15.4. The molecule has 3 N–H and O–H groups in total. The molecule has 2 rings (SSSR count). The third-order valence-electron chi connectivity index (χ3n) is 3.38. The molecule has 0 spiro atoms. The first-order valence-electron chi connectivity index (χ1n) is 6.84. The minimum absolute atomic E-state index is 0.160. The molecule has 21 heavy (non-hydrogen) atoms. The van der Waals surface area contributed by atoms with Crippen molar-refractivity contribution in [2.45, 2.75) is 26.3 Å². The van der Waals surface area contributed by atoms with E-state index in [2.05, 4.69) is 21.2 Å². The van der Waals surface area contributed by atoms with Crippen molar-refractivity contribution in [3.63, 3.8) is 0 Å². The van der Waals surface area contributed by atoms with E-state index in [9.17, 15) is 4.79 Å². The van der Waals surface area contributed by atoms with E-state index in [1.54, 1.807) is 0 Å². The Bertz CT molecular complexity index is 617. The van der Waals surface area contributed by atoms with Gasteiger partial charge in [0.2, 0.25) is 5.91 Å². The minimum Gasteiger partial charge on any atom is -0.324 e. The van der Waals surface area contributed by atoms with Gasteiger partial charge in [-0.2, -0.15) is 0 Å². The SMILES string of the molecule is Cc1cc(Br)cc(C)c1NC(=O)[C@H](N)Cc1ccccc1. The number of carbonyl (C=O) groups excluding carboxylic acids is 1. The van der Waals surface area contributed by atoms with E-state index < -0.39 is 6.04 Å². The lowest BCUT2D eigenvalue weighted by Crippen LogP contribution is -2.37. The van der Waals surface area contributed by atoms with Crippen LogP contribution < -0.4 is 11.1 Å². The molecular formula is C17H19BrN2O. The highest BCUT2D eigenvalue weighted by molar-refractivity contribution is 9.10. The first-order valence-corrected chi connectivity index (χ1v) is 7.64. The highest BCUT2D eigenvalue weighted by Crippen LogP contribution is 2.25. The number of anilines is 1. The Kier molecular flexibility index (Phi) is 5.15. The number of amides is 1. The molecule has 0 unspecified atom stereocenters. The van der Waals surface area contributed by atoms with Crippen molar-refractivity contribution >= 4 is 27.5 Å². The molecule has 3 nitrogen and oxygen atoms in total. The predicted molar refractivity (Wildman–Crippen MR) is 90.4 cm³/mol. The van der Waals surface area contributed by atoms with Crippen LogP contribution in [-0.4, -0.2) is 11.9 Å². The lowest BCUT2D eigenvalue weighted by molar-refractivity contribution is -0.117. The van der Waals surface area contributed by atoms with Crippen LogP contribution in [0.1, 0.15) is 16.7 Å². The molecule has 0 saturated heterocycles. The summed E-state index contributed by atoms with van der Waals surface area (Å²) in [5.74, 6) is -0.160. The molecule has 0 aliphatic rings. The van der Waals surface area contributed by atoms with E-state index in [-0.39, 0.29) is 5.91 Å². The maximum absolute atomic E-state index is 12.3. The van der Waals surface area contributed by atoms with Gasteiger partial charge in [0.1, 0.15) is 0 Å². The second kappa shape index (κ2) is 6.87. The van der Waals surface area contributed by atoms with Crippen LogP contribution in [0.15, 0.2) is 46.9 Å². The number of rotatable bonds is 4. The zero-order valence-electron chi connectivity index (χ0n) is 12.2. The number of hydrogen-bond acceptors (Lipinski definition) is 2. The van der Waals surface area contributed by atoms with Crippen molar-refractivity contribution < 1.29 is 4.79 Å². The van der Waals surface area contributed by atoms with Crippen molar-refractivity contribution in [3.05, 3.63) is 63.6 Å². The van der Waals surface area contributed by atoms with Gasteiger partial charge in [0, 0.05) is 10.2 Å². The summed E-state index contributed by atoms with van der Waals surface area (Å²) in [5.41, 5.74) is 9.94. The monoisotopic (exact) mass is 346 g/mol. The molecule has 2 aromatic rings. The lowest BCUT2D eigenvalue weighted by Gasteiger charge is -2.16. The van der Waals surface area contributed by atoms with E-state index in [1.807, 2.05) is 56.3 Å². The van der Waals surface area contributed by atoms with Gasteiger partial charge >= 0.3 is 0 Å². The Hall–Kier alpha value is -1.65. The molecule has 0 heterocycles. The largest absolute Gasteiger partial charge is 0.324 e. The van der Waals surface area contributed by atoms with Crippen molar-refractivity contribution in [1.29, 1.82) is 0 Å². The van der Waals surface area contributed by atoms with Gasteiger partial charge in [-0.1, -0.05) is 46.3 Å². The Labute approximate surface area is 133 Å². The maximum atomic E-state index is 12.3. The second-order valence-electron chi connectivity index (χ2n) is 5.20. The van der Waals surface area contributed by atoms with Crippen molar-refractivity contribution in [2.24, 2.45) is 5.73 Å². The first-order chi connectivity index (χ1) is 9.97. The molecular weight excluding hydrogens is 328 g/mol. The third kappa shape index (κ3) is 4.16. The number of benzene rings is 2. The average molecular weight is 347 g/mol. The number of nitrogens with one attached hydrogen (secondary N) is 1. The van der Waals surface area contributed by atoms with Gasteiger partial charge in [0.05, 0.1) is 6.04 Å². The fraction of sp³-hybridized carbons (Fsp3) is 0.235. The smallest absolute Gasteiger partial charge is 0.241 e. The topological polar surface area (TPSA) is 55.1 Å². The van der Waals surface area contributed by atoms with Gasteiger partial charge in [0.25, 0.3) is 0 Å². The fourth-order valence-electron chi connectivity index (χ4n) is 2.28. The summed E-state index contributed by atoms with van der Waals surface area (Å²) in [6.07, 6.45) is 0.529. The van der Waals surface area contributed by atoms with E-state index >= 15 is 0 Å². The molecule has 110 valence electrons. The molecule has 0 saturated carbocycles. The van der Waals surface area contributed by atoms with E-state index in [0.29, 0.717) is 6.42 Å². The Morgan fingerprint density at radius 3 is 2.33 bits per heavy atom. The molecule has 1 atom stereocenters. The highest BCUT2D eigenvalue weighted by Gasteiger charge is 2.16. The molecule has 0 bridgehead atoms. The lowest BCUT2D eigenvalue weighted by atomic mass is 10.0. The summed E-state index contributed by atoms with van der Waals surface area (Å²) < 4.78 is 1.00. The van der Waals surface area contributed by atoms with Crippen LogP contribution >= 0.6 is 15.9 Å².